The van der Waals surface area contributed by atoms with E-state index in [2.05, 4.69) is 5.32 Å². The first-order chi connectivity index (χ1) is 6.34. The predicted molar refractivity (Wildman–Crippen MR) is 52.7 cm³/mol. The van der Waals surface area contributed by atoms with Gasteiger partial charge in [0.1, 0.15) is 0 Å². The number of carbonyl (C=O) groups excluding carboxylic acids is 1. The molecule has 0 aliphatic rings. The topological polar surface area (TPSA) is 92.4 Å². The van der Waals surface area contributed by atoms with Gasteiger partial charge < -0.3 is 16.2 Å². The Bertz CT molecular complexity index is 216. The van der Waals surface area contributed by atoms with E-state index in [0.717, 1.165) is 0 Å². The summed E-state index contributed by atoms with van der Waals surface area (Å²) in [5, 5.41) is 11.0. The zero-order chi connectivity index (χ0) is 11.3. The van der Waals surface area contributed by atoms with Gasteiger partial charge in [-0.1, -0.05) is 13.8 Å². The Hall–Kier alpha value is -1.10. The summed E-state index contributed by atoms with van der Waals surface area (Å²) < 4.78 is 0. The van der Waals surface area contributed by atoms with Crippen LogP contribution in [0.25, 0.3) is 0 Å². The van der Waals surface area contributed by atoms with Crippen molar-refractivity contribution in [3.05, 3.63) is 0 Å². The van der Waals surface area contributed by atoms with Crippen LogP contribution in [0.2, 0.25) is 0 Å². The summed E-state index contributed by atoms with van der Waals surface area (Å²) in [5.74, 6) is -1.18. The van der Waals surface area contributed by atoms with Gasteiger partial charge in [-0.3, -0.25) is 9.59 Å². The molecule has 0 aromatic carbocycles. The molecule has 0 spiro atoms. The van der Waals surface area contributed by atoms with Gasteiger partial charge in [-0.05, 0) is 12.8 Å². The highest BCUT2D eigenvalue weighted by Crippen LogP contribution is 1.99. The third-order valence-electron chi connectivity index (χ3n) is 1.89. The van der Waals surface area contributed by atoms with E-state index in [0.29, 0.717) is 0 Å². The summed E-state index contributed by atoms with van der Waals surface area (Å²) in [6.45, 7) is 5.32. The highest BCUT2D eigenvalue weighted by molar-refractivity contribution is 5.82. The molecule has 0 aromatic heterocycles. The molecule has 14 heavy (non-hydrogen) atoms. The Morgan fingerprint density at radius 3 is 2.21 bits per heavy atom. The van der Waals surface area contributed by atoms with Crippen molar-refractivity contribution in [3.8, 4) is 0 Å². The van der Waals surface area contributed by atoms with Crippen molar-refractivity contribution in [2.45, 2.75) is 39.3 Å². The quantitative estimate of drug-likeness (QED) is 0.582. The Morgan fingerprint density at radius 2 is 1.86 bits per heavy atom. The molecule has 1 amide bonds. The van der Waals surface area contributed by atoms with E-state index in [9.17, 15) is 9.59 Å². The number of nitrogens with one attached hydrogen (secondary N) is 1. The molecule has 0 aliphatic heterocycles. The maximum atomic E-state index is 11.3. The first-order valence-electron chi connectivity index (χ1n) is 4.62. The lowest BCUT2D eigenvalue weighted by molar-refractivity contribution is -0.137. The molecule has 2 atom stereocenters. The molecule has 0 aliphatic carbocycles. The smallest absolute Gasteiger partial charge is 0.305 e. The van der Waals surface area contributed by atoms with Crippen molar-refractivity contribution < 1.29 is 14.7 Å². The van der Waals surface area contributed by atoms with Crippen LogP contribution < -0.4 is 11.1 Å². The molecule has 5 heteroatoms. The molecule has 1 unspecified atom stereocenters. The molecule has 0 saturated heterocycles. The van der Waals surface area contributed by atoms with Gasteiger partial charge in [-0.2, -0.15) is 0 Å². The molecule has 0 fully saturated rings. The lowest BCUT2D eigenvalue weighted by Gasteiger charge is -2.18. The molecule has 0 bridgehead atoms. The van der Waals surface area contributed by atoms with Crippen molar-refractivity contribution in [2.24, 2.45) is 11.7 Å². The van der Waals surface area contributed by atoms with Gasteiger partial charge in [0, 0.05) is 6.04 Å². The Labute approximate surface area is 83.7 Å². The number of amides is 1. The number of rotatable bonds is 5. The summed E-state index contributed by atoms with van der Waals surface area (Å²) in [6, 6.07) is -0.962. The fourth-order valence-electron chi connectivity index (χ4n) is 0.955. The summed E-state index contributed by atoms with van der Waals surface area (Å²) in [5.41, 5.74) is 5.58. The normalized spacial score (nSPS) is 14.9. The summed E-state index contributed by atoms with van der Waals surface area (Å²) in [6.07, 6.45) is -0.0868. The van der Waals surface area contributed by atoms with E-state index < -0.39 is 12.0 Å². The van der Waals surface area contributed by atoms with Gasteiger partial charge in [-0.15, -0.1) is 0 Å². The van der Waals surface area contributed by atoms with Crippen LogP contribution in [0.5, 0.6) is 0 Å². The number of aliphatic carboxylic acids is 1. The fraction of sp³-hybridized carbons (Fsp3) is 0.778. The van der Waals surface area contributed by atoms with Gasteiger partial charge in [0.25, 0.3) is 0 Å². The second kappa shape index (κ2) is 5.59. The molecule has 0 aromatic rings. The molecule has 0 rings (SSSR count). The lowest BCUT2D eigenvalue weighted by atomic mass is 10.0. The van der Waals surface area contributed by atoms with E-state index >= 15 is 0 Å². The highest BCUT2D eigenvalue weighted by Gasteiger charge is 2.19. The molecule has 0 heterocycles. The Kier molecular flexibility index (Phi) is 5.15. The number of carboxylic acid groups (broad SMARTS) is 1. The van der Waals surface area contributed by atoms with E-state index in [1.165, 1.54) is 0 Å². The van der Waals surface area contributed by atoms with E-state index in [-0.39, 0.29) is 24.3 Å². The van der Waals surface area contributed by atoms with E-state index in [1.54, 1.807) is 6.92 Å². The minimum absolute atomic E-state index is 0.0482. The zero-order valence-electron chi connectivity index (χ0n) is 8.78. The third-order valence-corrected chi connectivity index (χ3v) is 1.89. The maximum Gasteiger partial charge on any atom is 0.305 e. The van der Waals surface area contributed by atoms with Crippen molar-refractivity contribution in [1.29, 1.82) is 0 Å². The van der Waals surface area contributed by atoms with Crippen molar-refractivity contribution in [1.82, 2.24) is 5.32 Å². The van der Waals surface area contributed by atoms with Gasteiger partial charge in [0.05, 0.1) is 12.5 Å². The molecule has 4 N–H and O–H groups in total. The van der Waals surface area contributed by atoms with Gasteiger partial charge in [0.15, 0.2) is 0 Å². The molecule has 82 valence electrons. The number of carboxylic acids is 1. The lowest BCUT2D eigenvalue weighted by Crippen LogP contribution is -2.47. The highest BCUT2D eigenvalue weighted by atomic mass is 16.4. The third kappa shape index (κ3) is 4.81. The van der Waals surface area contributed by atoms with Crippen LogP contribution in [0, 0.1) is 5.92 Å². The zero-order valence-corrected chi connectivity index (χ0v) is 8.78. The Morgan fingerprint density at radius 1 is 1.36 bits per heavy atom. The number of hydrogen-bond donors (Lipinski definition) is 3. The molecular weight excluding hydrogens is 184 g/mol. The second-order valence-corrected chi connectivity index (χ2v) is 3.78. The molecule has 5 nitrogen and oxygen atoms in total. The van der Waals surface area contributed by atoms with Crippen LogP contribution in [-0.4, -0.2) is 29.1 Å². The van der Waals surface area contributed by atoms with E-state index in [4.69, 9.17) is 10.8 Å². The van der Waals surface area contributed by atoms with Gasteiger partial charge in [-0.25, -0.2) is 0 Å². The van der Waals surface area contributed by atoms with Gasteiger partial charge >= 0.3 is 5.97 Å². The predicted octanol–water partition coefficient (Wildman–Crippen LogP) is -0.0509. The molecular formula is C9H18N2O3. The average Bonchev–Trinajstić information content (AvgIpc) is 2.00. The van der Waals surface area contributed by atoms with Crippen LogP contribution in [0.1, 0.15) is 27.2 Å². The minimum Gasteiger partial charge on any atom is -0.481 e. The van der Waals surface area contributed by atoms with Crippen LogP contribution in [0.4, 0.5) is 0 Å². The van der Waals surface area contributed by atoms with Crippen LogP contribution >= 0.6 is 0 Å². The standard InChI is InChI=1S/C9H18N2O3/c1-5(2)8(10)9(14)11-6(3)4-7(12)13/h5-6,8H,4,10H2,1-3H3,(H,11,14)(H,12,13)/t6?,8-/m1/s1. The fourth-order valence-corrected chi connectivity index (χ4v) is 0.955. The Balaban J connectivity index is 3.99. The maximum absolute atomic E-state index is 11.3. The van der Waals surface area contributed by atoms with Crippen LogP contribution in [0.3, 0.4) is 0 Å². The summed E-state index contributed by atoms with van der Waals surface area (Å²) >= 11 is 0. The monoisotopic (exact) mass is 202 g/mol. The average molecular weight is 202 g/mol. The summed E-state index contributed by atoms with van der Waals surface area (Å²) in [7, 11) is 0. The van der Waals surface area contributed by atoms with Crippen molar-refractivity contribution in [3.63, 3.8) is 0 Å². The SMILES string of the molecule is CC(CC(=O)O)NC(=O)[C@H](N)C(C)C. The molecule has 0 saturated carbocycles. The summed E-state index contributed by atoms with van der Waals surface area (Å²) in [4.78, 5) is 21.7. The van der Waals surface area contributed by atoms with E-state index in [1.807, 2.05) is 13.8 Å². The van der Waals surface area contributed by atoms with Crippen LogP contribution in [-0.2, 0) is 9.59 Å². The van der Waals surface area contributed by atoms with Gasteiger partial charge in [0.2, 0.25) is 5.91 Å². The number of nitrogens with two attached hydrogens (primary N) is 1. The van der Waals surface area contributed by atoms with Crippen molar-refractivity contribution >= 4 is 11.9 Å². The first-order valence-corrected chi connectivity index (χ1v) is 4.62. The van der Waals surface area contributed by atoms with Crippen LogP contribution in [0.15, 0.2) is 0 Å². The number of carbonyl (C=O) groups is 2. The minimum atomic E-state index is -0.934. The molecule has 0 radical (unpaired) electrons. The first kappa shape index (κ1) is 12.9. The van der Waals surface area contributed by atoms with Crippen molar-refractivity contribution in [2.75, 3.05) is 0 Å². The second-order valence-electron chi connectivity index (χ2n) is 3.78. The largest absolute Gasteiger partial charge is 0.481 e. The number of hydrogen-bond acceptors (Lipinski definition) is 3.